The molecule has 0 unspecified atom stereocenters. The van der Waals surface area contributed by atoms with Crippen molar-refractivity contribution in [3.63, 3.8) is 0 Å². The minimum absolute atomic E-state index is 0.588. The number of rotatable bonds is 4. The molecule has 0 saturated carbocycles. The normalized spacial score (nSPS) is 11.1. The van der Waals surface area contributed by atoms with Crippen LogP contribution >= 0.6 is 0 Å². The molecule has 0 saturated heterocycles. The fourth-order valence-electron chi connectivity index (χ4n) is 1.91. The Labute approximate surface area is 110 Å². The van der Waals surface area contributed by atoms with Gasteiger partial charge in [0.15, 0.2) is 11.5 Å². The monoisotopic (exact) mass is 257 g/mol. The van der Waals surface area contributed by atoms with Gasteiger partial charge in [-0.2, -0.15) is 9.97 Å². The molecule has 3 aromatic heterocycles. The first-order valence-electron chi connectivity index (χ1n) is 6.25. The molecule has 0 fully saturated rings. The van der Waals surface area contributed by atoms with Crippen molar-refractivity contribution < 1.29 is 0 Å². The maximum Gasteiger partial charge on any atom is 0.226 e. The largest absolute Gasteiger partial charge is 0.354 e. The van der Waals surface area contributed by atoms with Gasteiger partial charge in [0.25, 0.3) is 0 Å². The van der Waals surface area contributed by atoms with Crippen LogP contribution in [-0.2, 0) is 0 Å². The Bertz CT molecular complexity index is 697. The molecule has 7 nitrogen and oxygen atoms in total. The predicted octanol–water partition coefficient (Wildman–Crippen LogP) is 1.67. The van der Waals surface area contributed by atoms with Gasteiger partial charge in [0.05, 0.1) is 6.33 Å². The number of nitrogens with one attached hydrogen (secondary N) is 2. The number of hydrogen-bond donors (Lipinski definition) is 2. The maximum absolute atomic E-state index is 4.54. The summed E-state index contributed by atoms with van der Waals surface area (Å²) < 4.78 is 1.92. The zero-order chi connectivity index (χ0) is 13.2. The molecule has 2 N–H and O–H groups in total. The topological polar surface area (TPSA) is 84.3 Å². The molecule has 0 aliphatic heterocycles. The van der Waals surface area contributed by atoms with Crippen molar-refractivity contribution in [2.24, 2.45) is 0 Å². The Morgan fingerprint density at radius 3 is 2.95 bits per heavy atom. The minimum Gasteiger partial charge on any atom is -0.354 e. The highest BCUT2D eigenvalue weighted by atomic mass is 15.2. The van der Waals surface area contributed by atoms with E-state index in [4.69, 9.17) is 0 Å². The smallest absolute Gasteiger partial charge is 0.226 e. The second kappa shape index (κ2) is 4.68. The Balaban J connectivity index is 2.16. The van der Waals surface area contributed by atoms with Gasteiger partial charge in [0, 0.05) is 18.9 Å². The second-order valence-electron chi connectivity index (χ2n) is 4.24. The Hall–Kier alpha value is -2.44. The Morgan fingerprint density at radius 1 is 1.32 bits per heavy atom. The van der Waals surface area contributed by atoms with Crippen LogP contribution in [0.4, 0.5) is 5.95 Å². The number of aromatic amines is 1. The van der Waals surface area contributed by atoms with Crippen LogP contribution in [0.2, 0.25) is 0 Å². The van der Waals surface area contributed by atoms with E-state index in [0.717, 1.165) is 30.1 Å². The van der Waals surface area contributed by atoms with Crippen LogP contribution < -0.4 is 5.32 Å². The number of anilines is 1. The molecule has 0 spiro atoms. The molecular formula is C12H15N7. The molecule has 0 aromatic carbocycles. The highest BCUT2D eigenvalue weighted by Gasteiger charge is 2.12. The fourth-order valence-corrected chi connectivity index (χ4v) is 1.91. The summed E-state index contributed by atoms with van der Waals surface area (Å²) in [5.74, 6) is 2.22. The molecule has 0 aliphatic carbocycles. The van der Waals surface area contributed by atoms with Crippen LogP contribution in [0.1, 0.15) is 19.2 Å². The van der Waals surface area contributed by atoms with Crippen molar-refractivity contribution in [2.45, 2.75) is 20.3 Å². The van der Waals surface area contributed by atoms with E-state index in [1.165, 1.54) is 0 Å². The maximum atomic E-state index is 4.54. The van der Waals surface area contributed by atoms with Gasteiger partial charge in [0.2, 0.25) is 5.95 Å². The summed E-state index contributed by atoms with van der Waals surface area (Å²) in [5.41, 5.74) is 1.46. The van der Waals surface area contributed by atoms with Crippen LogP contribution in [0.5, 0.6) is 0 Å². The minimum atomic E-state index is 0.588. The molecule has 3 heterocycles. The fraction of sp³-hybridized carbons (Fsp3) is 0.333. The lowest BCUT2D eigenvalue weighted by molar-refractivity contribution is 0.914. The lowest BCUT2D eigenvalue weighted by Crippen LogP contribution is -2.08. The molecule has 0 atom stereocenters. The van der Waals surface area contributed by atoms with Crippen molar-refractivity contribution in [3.05, 3.63) is 24.5 Å². The SMILES string of the molecule is CCCNc1nc(-n2ccnc2C)c2[nH]cnc2n1. The highest BCUT2D eigenvalue weighted by molar-refractivity contribution is 5.79. The third kappa shape index (κ3) is 2.03. The van der Waals surface area contributed by atoms with Crippen LogP contribution in [-0.4, -0.2) is 36.0 Å². The summed E-state index contributed by atoms with van der Waals surface area (Å²) in [6.07, 6.45) is 6.26. The first-order valence-corrected chi connectivity index (χ1v) is 6.25. The van der Waals surface area contributed by atoms with Crippen LogP contribution in [0.25, 0.3) is 17.0 Å². The average molecular weight is 257 g/mol. The molecule has 98 valence electrons. The van der Waals surface area contributed by atoms with Crippen molar-refractivity contribution in [2.75, 3.05) is 11.9 Å². The van der Waals surface area contributed by atoms with E-state index >= 15 is 0 Å². The van der Waals surface area contributed by atoms with E-state index in [1.807, 2.05) is 17.7 Å². The molecule has 7 heteroatoms. The molecule has 0 amide bonds. The predicted molar refractivity (Wildman–Crippen MR) is 72.3 cm³/mol. The van der Waals surface area contributed by atoms with Gasteiger partial charge in [-0.15, -0.1) is 0 Å². The van der Waals surface area contributed by atoms with Gasteiger partial charge in [-0.1, -0.05) is 6.92 Å². The highest BCUT2D eigenvalue weighted by Crippen LogP contribution is 2.18. The van der Waals surface area contributed by atoms with Crippen molar-refractivity contribution in [1.82, 2.24) is 29.5 Å². The molecule has 3 aromatic rings. The van der Waals surface area contributed by atoms with Crippen molar-refractivity contribution >= 4 is 17.1 Å². The second-order valence-corrected chi connectivity index (χ2v) is 4.24. The summed E-state index contributed by atoms with van der Waals surface area (Å²) in [5, 5.41) is 3.19. The molecule has 0 bridgehead atoms. The van der Waals surface area contributed by atoms with Crippen LogP contribution in [0.15, 0.2) is 18.7 Å². The third-order valence-corrected chi connectivity index (χ3v) is 2.85. The van der Waals surface area contributed by atoms with Crippen LogP contribution in [0.3, 0.4) is 0 Å². The zero-order valence-electron chi connectivity index (χ0n) is 10.9. The number of aromatic nitrogens is 6. The summed E-state index contributed by atoms with van der Waals surface area (Å²) in [6, 6.07) is 0. The third-order valence-electron chi connectivity index (χ3n) is 2.85. The lowest BCUT2D eigenvalue weighted by atomic mass is 10.4. The first-order chi connectivity index (χ1) is 9.29. The average Bonchev–Trinajstić information content (AvgIpc) is 3.03. The molecule has 0 radical (unpaired) electrons. The van der Waals surface area contributed by atoms with E-state index in [-0.39, 0.29) is 0 Å². The molecule has 19 heavy (non-hydrogen) atoms. The number of hydrogen-bond acceptors (Lipinski definition) is 5. The molecular weight excluding hydrogens is 242 g/mol. The van der Waals surface area contributed by atoms with Gasteiger partial charge < -0.3 is 10.3 Å². The van der Waals surface area contributed by atoms with Crippen molar-refractivity contribution in [3.8, 4) is 5.82 Å². The molecule has 3 rings (SSSR count). The summed E-state index contributed by atoms with van der Waals surface area (Å²) in [7, 11) is 0. The van der Waals surface area contributed by atoms with E-state index in [9.17, 15) is 0 Å². The number of imidazole rings is 2. The number of aryl methyl sites for hydroxylation is 1. The number of fused-ring (bicyclic) bond motifs is 1. The number of nitrogens with zero attached hydrogens (tertiary/aromatic N) is 5. The van der Waals surface area contributed by atoms with E-state index in [1.54, 1.807) is 12.5 Å². The summed E-state index contributed by atoms with van der Waals surface area (Å²) >= 11 is 0. The quantitative estimate of drug-likeness (QED) is 0.742. The Kier molecular flexibility index (Phi) is 2.86. The van der Waals surface area contributed by atoms with E-state index in [0.29, 0.717) is 11.6 Å². The number of H-pyrrole nitrogens is 1. The lowest BCUT2D eigenvalue weighted by Gasteiger charge is -2.08. The van der Waals surface area contributed by atoms with Gasteiger partial charge in [0.1, 0.15) is 11.3 Å². The van der Waals surface area contributed by atoms with E-state index < -0.39 is 0 Å². The van der Waals surface area contributed by atoms with E-state index in [2.05, 4.69) is 37.2 Å². The van der Waals surface area contributed by atoms with Crippen molar-refractivity contribution in [1.29, 1.82) is 0 Å². The molecule has 0 aliphatic rings. The standard InChI is InChI=1S/C12H15N7/c1-3-4-14-12-17-10-9(15-7-16-10)11(18-12)19-6-5-13-8(19)2/h5-7H,3-4H2,1-2H3,(H2,14,15,16,17,18). The van der Waals surface area contributed by atoms with Crippen LogP contribution in [0, 0.1) is 6.92 Å². The summed E-state index contributed by atoms with van der Waals surface area (Å²) in [6.45, 7) is 4.86. The van der Waals surface area contributed by atoms with Gasteiger partial charge in [-0.25, -0.2) is 9.97 Å². The first kappa shape index (κ1) is 11.6. The Morgan fingerprint density at radius 2 is 2.21 bits per heavy atom. The summed E-state index contributed by atoms with van der Waals surface area (Å²) in [4.78, 5) is 20.4. The van der Waals surface area contributed by atoms with Gasteiger partial charge in [-0.05, 0) is 13.3 Å². The van der Waals surface area contributed by atoms with Gasteiger partial charge in [-0.3, -0.25) is 4.57 Å². The van der Waals surface area contributed by atoms with Gasteiger partial charge >= 0.3 is 0 Å². The zero-order valence-corrected chi connectivity index (χ0v) is 10.9.